The third-order valence-electron chi connectivity index (χ3n) is 3.27. The maximum Gasteiger partial charge on any atom is 0.242 e. The van der Waals surface area contributed by atoms with Gasteiger partial charge in [0.15, 0.2) is 0 Å². The van der Waals surface area contributed by atoms with Crippen molar-refractivity contribution >= 4 is 5.82 Å². The van der Waals surface area contributed by atoms with Gasteiger partial charge in [0.2, 0.25) is 5.62 Å². The first kappa shape index (κ1) is 9.21. The predicted molar refractivity (Wildman–Crippen MR) is 57.0 cm³/mol. The number of nitrogens with one attached hydrogen (secondary N) is 3. The number of aromatic nitrogens is 2. The summed E-state index contributed by atoms with van der Waals surface area (Å²) in [7, 11) is 0. The Labute approximate surface area is 92.4 Å². The molecule has 1 saturated carbocycles. The maximum atomic E-state index is 8.99. The Balaban J connectivity index is 2.12. The topological polar surface area (TPSA) is 89.5 Å². The highest BCUT2D eigenvalue weighted by Gasteiger charge is 2.40. The lowest BCUT2D eigenvalue weighted by Crippen LogP contribution is -2.42. The summed E-state index contributed by atoms with van der Waals surface area (Å²) in [6, 6.07) is 2.09. The summed E-state index contributed by atoms with van der Waals surface area (Å²) in [5.74, 6) is 0.671. The van der Waals surface area contributed by atoms with Gasteiger partial charge in [-0.05, 0) is 25.7 Å². The van der Waals surface area contributed by atoms with Crippen LogP contribution >= 0.6 is 0 Å². The second-order valence-electron chi connectivity index (χ2n) is 4.32. The Morgan fingerprint density at radius 3 is 2.94 bits per heavy atom. The fraction of sp³-hybridized carbons (Fsp3) is 0.500. The second-order valence-corrected chi connectivity index (χ2v) is 4.32. The second kappa shape index (κ2) is 2.98. The molecule has 1 aromatic rings. The molecule has 6 nitrogen and oxygen atoms in total. The Morgan fingerprint density at radius 1 is 1.50 bits per heavy atom. The molecule has 2 heterocycles. The van der Waals surface area contributed by atoms with Crippen molar-refractivity contribution in [2.24, 2.45) is 0 Å². The van der Waals surface area contributed by atoms with Crippen molar-refractivity contribution in [2.75, 3.05) is 10.7 Å². The van der Waals surface area contributed by atoms with E-state index in [-0.39, 0.29) is 11.3 Å². The van der Waals surface area contributed by atoms with Crippen LogP contribution < -0.4 is 16.4 Å². The van der Waals surface area contributed by atoms with Gasteiger partial charge in [0.1, 0.15) is 23.1 Å². The van der Waals surface area contributed by atoms with E-state index in [1.807, 2.05) is 0 Å². The van der Waals surface area contributed by atoms with Crippen molar-refractivity contribution in [3.63, 3.8) is 0 Å². The molecule has 3 N–H and O–H groups in total. The smallest absolute Gasteiger partial charge is 0.242 e. The Bertz CT molecular complexity index is 531. The average molecular weight is 216 g/mol. The number of hydrogen-bond donors (Lipinski definition) is 3. The Morgan fingerprint density at radius 2 is 2.25 bits per heavy atom. The minimum Gasteiger partial charge on any atom is -0.345 e. The van der Waals surface area contributed by atoms with Gasteiger partial charge in [0.05, 0.1) is 6.20 Å². The monoisotopic (exact) mass is 216 g/mol. The van der Waals surface area contributed by atoms with Crippen molar-refractivity contribution in [3.05, 3.63) is 17.4 Å². The molecule has 6 heteroatoms. The molecule has 0 unspecified atom stereocenters. The van der Waals surface area contributed by atoms with E-state index in [9.17, 15) is 0 Å². The molecule has 1 aliphatic carbocycles. The number of nitrogens with zero attached hydrogens (tertiary/aromatic N) is 3. The average Bonchev–Trinajstić information content (AvgIpc) is 2.88. The zero-order valence-corrected chi connectivity index (χ0v) is 8.75. The van der Waals surface area contributed by atoms with E-state index in [0.717, 1.165) is 25.7 Å². The lowest BCUT2D eigenvalue weighted by Gasteiger charge is -2.23. The zero-order chi connectivity index (χ0) is 11.2. The van der Waals surface area contributed by atoms with Gasteiger partial charge in [0, 0.05) is 0 Å². The molecule has 1 aliphatic heterocycles. The van der Waals surface area contributed by atoms with Gasteiger partial charge in [-0.15, -0.1) is 0 Å². The van der Waals surface area contributed by atoms with E-state index < -0.39 is 0 Å². The standard InChI is InChI=1S/C10H12N6/c11-5-7-6-13-9(12)16-8(7)14-10(15-16)3-1-2-4-10/h6,12,14-15H,1-4H2. The molecule has 0 atom stereocenters. The predicted octanol–water partition coefficient (Wildman–Crippen LogP) is 0.474. The van der Waals surface area contributed by atoms with Crippen LogP contribution in [0.4, 0.5) is 5.82 Å². The third-order valence-corrected chi connectivity index (χ3v) is 3.27. The van der Waals surface area contributed by atoms with E-state index in [0.29, 0.717) is 11.4 Å². The summed E-state index contributed by atoms with van der Waals surface area (Å²) in [6.45, 7) is 0. The molecular weight excluding hydrogens is 204 g/mol. The highest BCUT2D eigenvalue weighted by Crippen LogP contribution is 2.35. The number of hydrogen-bond acceptors (Lipinski definition) is 5. The van der Waals surface area contributed by atoms with Crippen molar-refractivity contribution in [1.29, 1.82) is 10.7 Å². The van der Waals surface area contributed by atoms with Gasteiger partial charge in [-0.2, -0.15) is 5.26 Å². The molecule has 0 amide bonds. The van der Waals surface area contributed by atoms with Crippen LogP contribution in [-0.4, -0.2) is 15.3 Å². The number of fused-ring (bicyclic) bond motifs is 1. The van der Waals surface area contributed by atoms with Crippen LogP contribution in [-0.2, 0) is 0 Å². The fourth-order valence-electron chi connectivity index (χ4n) is 2.47. The molecule has 0 bridgehead atoms. The van der Waals surface area contributed by atoms with Crippen molar-refractivity contribution in [3.8, 4) is 6.07 Å². The van der Waals surface area contributed by atoms with Crippen LogP contribution in [0, 0.1) is 16.7 Å². The van der Waals surface area contributed by atoms with Gasteiger partial charge in [-0.1, -0.05) is 0 Å². The summed E-state index contributed by atoms with van der Waals surface area (Å²) in [5.41, 5.74) is 3.70. The number of anilines is 1. The highest BCUT2D eigenvalue weighted by atomic mass is 15.6. The summed E-state index contributed by atoms with van der Waals surface area (Å²) in [5, 5.41) is 20.0. The van der Waals surface area contributed by atoms with Crippen LogP contribution in [0.2, 0.25) is 0 Å². The number of rotatable bonds is 0. The quantitative estimate of drug-likeness (QED) is 0.588. The molecule has 0 aromatic carbocycles. The first-order valence-corrected chi connectivity index (χ1v) is 5.37. The first-order valence-electron chi connectivity index (χ1n) is 5.37. The lowest BCUT2D eigenvalue weighted by atomic mass is 10.1. The highest BCUT2D eigenvalue weighted by molar-refractivity contribution is 5.57. The molecule has 2 aliphatic rings. The Hall–Kier alpha value is -2.03. The van der Waals surface area contributed by atoms with Gasteiger partial charge >= 0.3 is 0 Å². The maximum absolute atomic E-state index is 8.99. The lowest BCUT2D eigenvalue weighted by molar-refractivity contribution is 0.525. The van der Waals surface area contributed by atoms with E-state index in [1.54, 1.807) is 4.68 Å². The number of nitriles is 1. The van der Waals surface area contributed by atoms with E-state index in [4.69, 9.17) is 10.7 Å². The van der Waals surface area contributed by atoms with E-state index >= 15 is 0 Å². The summed E-state index contributed by atoms with van der Waals surface area (Å²) >= 11 is 0. The van der Waals surface area contributed by atoms with Gasteiger partial charge < -0.3 is 5.32 Å². The molecule has 1 spiro atoms. The van der Waals surface area contributed by atoms with Crippen molar-refractivity contribution in [1.82, 2.24) is 9.66 Å². The third kappa shape index (κ3) is 1.11. The largest absolute Gasteiger partial charge is 0.345 e. The molecule has 1 aromatic heterocycles. The van der Waals surface area contributed by atoms with Crippen LogP contribution in [0.3, 0.4) is 0 Å². The molecule has 1 fully saturated rings. The minimum atomic E-state index is -0.169. The van der Waals surface area contributed by atoms with Crippen molar-refractivity contribution < 1.29 is 0 Å². The Kier molecular flexibility index (Phi) is 1.72. The van der Waals surface area contributed by atoms with E-state index in [2.05, 4.69) is 21.8 Å². The van der Waals surface area contributed by atoms with Gasteiger partial charge in [0.25, 0.3) is 0 Å². The summed E-state index contributed by atoms with van der Waals surface area (Å²) in [6.07, 6.45) is 5.79. The van der Waals surface area contributed by atoms with Crippen LogP contribution in [0.1, 0.15) is 31.2 Å². The normalized spacial score (nSPS) is 19.9. The van der Waals surface area contributed by atoms with Crippen LogP contribution in [0.5, 0.6) is 0 Å². The minimum absolute atomic E-state index is 0.130. The van der Waals surface area contributed by atoms with Crippen molar-refractivity contribution in [2.45, 2.75) is 31.3 Å². The molecule has 0 radical (unpaired) electrons. The molecule has 82 valence electrons. The van der Waals surface area contributed by atoms with Gasteiger partial charge in [-0.25, -0.2) is 9.66 Å². The van der Waals surface area contributed by atoms with Gasteiger partial charge in [-0.3, -0.25) is 10.8 Å². The molecular formula is C10H12N6. The van der Waals surface area contributed by atoms with E-state index in [1.165, 1.54) is 6.20 Å². The molecule has 16 heavy (non-hydrogen) atoms. The summed E-state index contributed by atoms with van der Waals surface area (Å²) < 4.78 is 1.57. The SMILES string of the molecule is N#Cc1cnc(=N)n2c1NC1(CCCC1)N2. The van der Waals surface area contributed by atoms with Crippen LogP contribution in [0.25, 0.3) is 0 Å². The summed E-state index contributed by atoms with van der Waals surface area (Å²) in [4.78, 5) is 3.88. The molecule has 0 saturated heterocycles. The first-order chi connectivity index (χ1) is 7.74. The fourth-order valence-corrected chi connectivity index (χ4v) is 2.47. The molecule has 3 rings (SSSR count). The van der Waals surface area contributed by atoms with Crippen LogP contribution in [0.15, 0.2) is 6.20 Å². The zero-order valence-electron chi connectivity index (χ0n) is 8.75.